The molecule has 0 spiro atoms. The fraction of sp³-hybridized carbons (Fsp3) is 0.538. The van der Waals surface area contributed by atoms with Gasteiger partial charge in [0, 0.05) is 19.5 Å². The summed E-state index contributed by atoms with van der Waals surface area (Å²) in [6.07, 6.45) is 1.92. The maximum atomic E-state index is 11.5. The van der Waals surface area contributed by atoms with E-state index in [0.717, 1.165) is 0 Å². The molecule has 1 heterocycles. The molecule has 0 bridgehead atoms. The summed E-state index contributed by atoms with van der Waals surface area (Å²) in [7, 11) is 0. The Morgan fingerprint density at radius 3 is 2.44 bits per heavy atom. The van der Waals surface area contributed by atoms with E-state index in [9.17, 15) is 9.59 Å². The summed E-state index contributed by atoms with van der Waals surface area (Å²) in [4.78, 5) is 23.0. The average molecular weight is 252 g/mol. The summed E-state index contributed by atoms with van der Waals surface area (Å²) >= 11 is 0. The van der Waals surface area contributed by atoms with Crippen molar-refractivity contribution >= 4 is 11.8 Å². The third-order valence-corrected chi connectivity index (χ3v) is 2.17. The van der Waals surface area contributed by atoms with E-state index in [0.29, 0.717) is 19.5 Å². The van der Waals surface area contributed by atoms with Crippen molar-refractivity contribution in [2.24, 2.45) is 5.41 Å². The summed E-state index contributed by atoms with van der Waals surface area (Å²) in [6.45, 7) is 6.82. The highest BCUT2D eigenvalue weighted by atomic mass is 16.3. The van der Waals surface area contributed by atoms with Gasteiger partial charge in [-0.25, -0.2) is 0 Å². The van der Waals surface area contributed by atoms with Gasteiger partial charge >= 0.3 is 0 Å². The van der Waals surface area contributed by atoms with Gasteiger partial charge in [0.05, 0.1) is 6.26 Å². The largest absolute Gasteiger partial charge is 0.459 e. The van der Waals surface area contributed by atoms with Gasteiger partial charge in [0.25, 0.3) is 5.91 Å². The van der Waals surface area contributed by atoms with Gasteiger partial charge in [0.2, 0.25) is 5.91 Å². The Morgan fingerprint density at radius 1 is 1.22 bits per heavy atom. The predicted molar refractivity (Wildman–Crippen MR) is 68.1 cm³/mol. The molecular formula is C13H20N2O3. The maximum Gasteiger partial charge on any atom is 0.287 e. The van der Waals surface area contributed by atoms with Crippen molar-refractivity contribution in [1.29, 1.82) is 0 Å². The minimum Gasteiger partial charge on any atom is -0.459 e. The van der Waals surface area contributed by atoms with Crippen LogP contribution in [0.15, 0.2) is 22.8 Å². The molecule has 0 aliphatic carbocycles. The van der Waals surface area contributed by atoms with Crippen molar-refractivity contribution in [3.8, 4) is 0 Å². The lowest BCUT2D eigenvalue weighted by molar-refractivity contribution is -0.122. The zero-order chi connectivity index (χ0) is 13.6. The van der Waals surface area contributed by atoms with E-state index in [4.69, 9.17) is 4.42 Å². The topological polar surface area (TPSA) is 71.3 Å². The second-order valence-electron chi connectivity index (χ2n) is 5.32. The summed E-state index contributed by atoms with van der Waals surface area (Å²) in [6, 6.07) is 3.24. The third-order valence-electron chi connectivity index (χ3n) is 2.17. The SMILES string of the molecule is CC(C)(C)CC(=O)NCCNC(=O)c1ccco1. The van der Waals surface area contributed by atoms with Crippen LogP contribution in [0.3, 0.4) is 0 Å². The molecule has 0 aliphatic rings. The predicted octanol–water partition coefficient (Wildman–Crippen LogP) is 1.56. The van der Waals surface area contributed by atoms with Crippen LogP contribution in [0, 0.1) is 5.41 Å². The zero-order valence-electron chi connectivity index (χ0n) is 11.1. The number of amides is 2. The molecule has 1 aromatic rings. The molecule has 18 heavy (non-hydrogen) atoms. The van der Waals surface area contributed by atoms with E-state index < -0.39 is 0 Å². The van der Waals surface area contributed by atoms with Crippen LogP contribution < -0.4 is 10.6 Å². The second-order valence-corrected chi connectivity index (χ2v) is 5.32. The van der Waals surface area contributed by atoms with Gasteiger partial charge in [0.1, 0.15) is 0 Å². The first-order valence-electron chi connectivity index (χ1n) is 5.97. The van der Waals surface area contributed by atoms with Crippen LogP contribution >= 0.6 is 0 Å². The molecular weight excluding hydrogens is 232 g/mol. The van der Waals surface area contributed by atoms with Crippen LogP contribution in [0.5, 0.6) is 0 Å². The van der Waals surface area contributed by atoms with Gasteiger partial charge in [0.15, 0.2) is 5.76 Å². The van der Waals surface area contributed by atoms with Crippen molar-refractivity contribution in [2.45, 2.75) is 27.2 Å². The Balaban J connectivity index is 2.16. The van der Waals surface area contributed by atoms with Crippen LogP contribution in [0.25, 0.3) is 0 Å². The maximum absolute atomic E-state index is 11.5. The molecule has 5 nitrogen and oxygen atoms in total. The molecule has 0 fully saturated rings. The molecule has 2 amide bonds. The Labute approximate surface area is 107 Å². The lowest BCUT2D eigenvalue weighted by Crippen LogP contribution is -2.35. The van der Waals surface area contributed by atoms with Crippen molar-refractivity contribution in [1.82, 2.24) is 10.6 Å². The van der Waals surface area contributed by atoms with Crippen LogP contribution in [0.1, 0.15) is 37.7 Å². The van der Waals surface area contributed by atoms with Gasteiger partial charge in [-0.05, 0) is 17.5 Å². The molecule has 0 radical (unpaired) electrons. The number of nitrogens with one attached hydrogen (secondary N) is 2. The van der Waals surface area contributed by atoms with Gasteiger partial charge in [-0.3, -0.25) is 9.59 Å². The molecule has 0 atom stereocenters. The first-order chi connectivity index (χ1) is 8.38. The average Bonchev–Trinajstić information content (AvgIpc) is 2.74. The minimum absolute atomic E-state index is 0.00486. The monoisotopic (exact) mass is 252 g/mol. The molecule has 5 heteroatoms. The Hall–Kier alpha value is -1.78. The second kappa shape index (κ2) is 6.23. The van der Waals surface area contributed by atoms with Gasteiger partial charge < -0.3 is 15.1 Å². The van der Waals surface area contributed by atoms with Gasteiger partial charge in [-0.1, -0.05) is 20.8 Å². The number of furan rings is 1. The summed E-state index contributed by atoms with van der Waals surface area (Å²) < 4.78 is 4.94. The Bertz CT molecular complexity index is 391. The van der Waals surface area contributed by atoms with E-state index in [1.54, 1.807) is 12.1 Å². The Kier molecular flexibility index (Phi) is 4.95. The lowest BCUT2D eigenvalue weighted by atomic mass is 9.92. The summed E-state index contributed by atoms with van der Waals surface area (Å²) in [5, 5.41) is 5.41. The fourth-order valence-electron chi connectivity index (χ4n) is 1.42. The zero-order valence-corrected chi connectivity index (χ0v) is 11.1. The van der Waals surface area contributed by atoms with Crippen LogP contribution in [0.2, 0.25) is 0 Å². The highest BCUT2D eigenvalue weighted by Crippen LogP contribution is 2.17. The van der Waals surface area contributed by atoms with Crippen molar-refractivity contribution in [3.05, 3.63) is 24.2 Å². The van der Waals surface area contributed by atoms with Crippen molar-refractivity contribution < 1.29 is 14.0 Å². The molecule has 1 rings (SSSR count). The summed E-state index contributed by atoms with van der Waals surface area (Å²) in [5.41, 5.74) is -0.0263. The molecule has 0 saturated heterocycles. The number of rotatable bonds is 5. The van der Waals surface area contributed by atoms with E-state index in [2.05, 4.69) is 10.6 Å². The van der Waals surface area contributed by atoms with Gasteiger partial charge in [-0.15, -0.1) is 0 Å². The number of hydrogen-bond donors (Lipinski definition) is 2. The molecule has 0 saturated carbocycles. The molecule has 0 aliphatic heterocycles. The molecule has 0 aromatic carbocycles. The van der Waals surface area contributed by atoms with Crippen LogP contribution in [-0.2, 0) is 4.79 Å². The smallest absolute Gasteiger partial charge is 0.287 e. The highest BCUT2D eigenvalue weighted by Gasteiger charge is 2.15. The first-order valence-corrected chi connectivity index (χ1v) is 5.97. The molecule has 2 N–H and O–H groups in total. The van der Waals surface area contributed by atoms with Crippen LogP contribution in [-0.4, -0.2) is 24.9 Å². The molecule has 1 aromatic heterocycles. The number of hydrogen-bond acceptors (Lipinski definition) is 3. The normalized spacial score (nSPS) is 11.1. The highest BCUT2D eigenvalue weighted by molar-refractivity contribution is 5.91. The standard InChI is InChI=1S/C13H20N2O3/c1-13(2,3)9-11(16)14-6-7-15-12(17)10-5-4-8-18-10/h4-5,8H,6-7,9H2,1-3H3,(H,14,16)(H,15,17). The van der Waals surface area contributed by atoms with E-state index in [1.807, 2.05) is 20.8 Å². The van der Waals surface area contributed by atoms with Crippen molar-refractivity contribution in [3.63, 3.8) is 0 Å². The van der Waals surface area contributed by atoms with E-state index >= 15 is 0 Å². The Morgan fingerprint density at radius 2 is 1.89 bits per heavy atom. The lowest BCUT2D eigenvalue weighted by Gasteiger charge is -2.17. The van der Waals surface area contributed by atoms with Gasteiger partial charge in [-0.2, -0.15) is 0 Å². The number of carbonyl (C=O) groups excluding carboxylic acids is 2. The molecule has 0 unspecified atom stereocenters. The number of carbonyl (C=O) groups is 2. The minimum atomic E-state index is -0.273. The summed E-state index contributed by atoms with van der Waals surface area (Å²) in [5.74, 6) is -0.00386. The molecule has 100 valence electrons. The van der Waals surface area contributed by atoms with Crippen LogP contribution in [0.4, 0.5) is 0 Å². The third kappa shape index (κ3) is 5.52. The quantitative estimate of drug-likeness (QED) is 0.781. The van der Waals surface area contributed by atoms with E-state index in [1.165, 1.54) is 6.26 Å². The fourth-order valence-corrected chi connectivity index (χ4v) is 1.42. The first kappa shape index (κ1) is 14.3. The van der Waals surface area contributed by atoms with E-state index in [-0.39, 0.29) is 23.0 Å². The van der Waals surface area contributed by atoms with Crippen molar-refractivity contribution in [2.75, 3.05) is 13.1 Å².